The number of nitrogens with two attached hydrogens (primary N) is 1. The summed E-state index contributed by atoms with van der Waals surface area (Å²) in [7, 11) is 0. The SMILES string of the molecule is CC(C)C(C)c1[nH]nc(N)c1-c1ccccc1Cl. The van der Waals surface area contributed by atoms with E-state index in [1.165, 1.54) is 0 Å². The number of anilines is 1. The normalized spacial score (nSPS) is 12.9. The molecule has 0 saturated carbocycles. The molecule has 4 heteroatoms. The minimum atomic E-state index is 0.348. The quantitative estimate of drug-likeness (QED) is 0.877. The number of H-pyrrole nitrogens is 1. The van der Waals surface area contributed by atoms with Crippen molar-refractivity contribution >= 4 is 17.4 Å². The van der Waals surface area contributed by atoms with Crippen LogP contribution in [0.3, 0.4) is 0 Å². The fourth-order valence-electron chi connectivity index (χ4n) is 1.98. The maximum absolute atomic E-state index is 6.25. The molecule has 1 aromatic heterocycles. The van der Waals surface area contributed by atoms with Crippen molar-refractivity contribution < 1.29 is 0 Å². The number of hydrogen-bond acceptors (Lipinski definition) is 2. The van der Waals surface area contributed by atoms with E-state index in [4.69, 9.17) is 17.3 Å². The Balaban J connectivity index is 2.58. The molecule has 0 radical (unpaired) electrons. The zero-order valence-corrected chi connectivity index (χ0v) is 11.6. The van der Waals surface area contributed by atoms with Gasteiger partial charge in [-0.3, -0.25) is 5.10 Å². The lowest BCUT2D eigenvalue weighted by Gasteiger charge is -2.16. The molecule has 18 heavy (non-hydrogen) atoms. The van der Waals surface area contributed by atoms with Crippen molar-refractivity contribution in [1.29, 1.82) is 0 Å². The van der Waals surface area contributed by atoms with Gasteiger partial charge in [-0.2, -0.15) is 5.10 Å². The zero-order chi connectivity index (χ0) is 13.3. The van der Waals surface area contributed by atoms with Gasteiger partial charge in [0, 0.05) is 27.8 Å². The molecule has 2 aromatic rings. The number of nitrogen functional groups attached to an aromatic ring is 1. The number of nitrogens with one attached hydrogen (secondary N) is 1. The lowest BCUT2D eigenvalue weighted by molar-refractivity contribution is 0.523. The molecule has 0 saturated heterocycles. The zero-order valence-electron chi connectivity index (χ0n) is 10.9. The Morgan fingerprint density at radius 2 is 1.89 bits per heavy atom. The number of hydrogen-bond donors (Lipinski definition) is 2. The topological polar surface area (TPSA) is 54.7 Å². The number of aromatic amines is 1. The van der Waals surface area contributed by atoms with Crippen LogP contribution in [0.15, 0.2) is 24.3 Å². The molecule has 1 heterocycles. The molecule has 0 aliphatic heterocycles. The highest BCUT2D eigenvalue weighted by atomic mass is 35.5. The molecule has 1 atom stereocenters. The summed E-state index contributed by atoms with van der Waals surface area (Å²) in [6.07, 6.45) is 0. The molecule has 0 aliphatic rings. The van der Waals surface area contributed by atoms with E-state index in [0.29, 0.717) is 22.7 Å². The molecular formula is C14H18ClN3. The Bertz CT molecular complexity index is 546. The standard InChI is InChI=1S/C14H18ClN3/c1-8(2)9(3)13-12(14(16)18-17-13)10-6-4-5-7-11(10)15/h4-9H,1-3H3,(H3,16,17,18). The van der Waals surface area contributed by atoms with Crippen LogP contribution >= 0.6 is 11.6 Å². The molecule has 0 bridgehead atoms. The monoisotopic (exact) mass is 263 g/mol. The highest BCUT2D eigenvalue weighted by molar-refractivity contribution is 6.33. The molecule has 0 amide bonds. The molecule has 0 aliphatic carbocycles. The average Bonchev–Trinajstić information content (AvgIpc) is 2.71. The second kappa shape index (κ2) is 5.02. The van der Waals surface area contributed by atoms with Gasteiger partial charge in [0.05, 0.1) is 0 Å². The van der Waals surface area contributed by atoms with E-state index in [9.17, 15) is 0 Å². The lowest BCUT2D eigenvalue weighted by Crippen LogP contribution is -2.04. The van der Waals surface area contributed by atoms with E-state index in [1.54, 1.807) is 0 Å². The largest absolute Gasteiger partial charge is 0.382 e. The first kappa shape index (κ1) is 13.0. The average molecular weight is 264 g/mol. The van der Waals surface area contributed by atoms with Gasteiger partial charge in [0.25, 0.3) is 0 Å². The molecule has 1 aromatic carbocycles. The maximum Gasteiger partial charge on any atom is 0.153 e. The van der Waals surface area contributed by atoms with Gasteiger partial charge in [-0.05, 0) is 12.0 Å². The summed E-state index contributed by atoms with van der Waals surface area (Å²) < 4.78 is 0. The number of nitrogens with zero attached hydrogens (tertiary/aromatic N) is 1. The summed E-state index contributed by atoms with van der Waals surface area (Å²) in [5.74, 6) is 1.36. The van der Waals surface area contributed by atoms with Gasteiger partial charge < -0.3 is 5.73 Å². The van der Waals surface area contributed by atoms with Gasteiger partial charge in [0.2, 0.25) is 0 Å². The van der Waals surface area contributed by atoms with Crippen molar-refractivity contribution in [1.82, 2.24) is 10.2 Å². The molecule has 1 unspecified atom stereocenters. The Morgan fingerprint density at radius 3 is 2.50 bits per heavy atom. The fourth-order valence-corrected chi connectivity index (χ4v) is 2.21. The Hall–Kier alpha value is -1.48. The van der Waals surface area contributed by atoms with Crippen LogP contribution in [0.5, 0.6) is 0 Å². The van der Waals surface area contributed by atoms with Crippen LogP contribution in [0.4, 0.5) is 5.82 Å². The lowest BCUT2D eigenvalue weighted by atomic mass is 9.90. The summed E-state index contributed by atoms with van der Waals surface area (Å²) in [6, 6.07) is 7.71. The van der Waals surface area contributed by atoms with Gasteiger partial charge >= 0.3 is 0 Å². The van der Waals surface area contributed by atoms with Gasteiger partial charge in [0.1, 0.15) is 0 Å². The molecule has 0 spiro atoms. The summed E-state index contributed by atoms with van der Waals surface area (Å²) in [4.78, 5) is 0. The van der Waals surface area contributed by atoms with Gasteiger partial charge in [-0.25, -0.2) is 0 Å². The first-order valence-corrected chi connectivity index (χ1v) is 6.48. The van der Waals surface area contributed by atoms with Gasteiger partial charge in [0.15, 0.2) is 5.82 Å². The van der Waals surface area contributed by atoms with Crippen molar-refractivity contribution in [2.24, 2.45) is 5.92 Å². The van der Waals surface area contributed by atoms with Crippen LogP contribution in [0, 0.1) is 5.92 Å². The third kappa shape index (κ3) is 2.23. The van der Waals surface area contributed by atoms with E-state index < -0.39 is 0 Å². The van der Waals surface area contributed by atoms with Crippen LogP contribution in [0.2, 0.25) is 5.02 Å². The molecule has 3 nitrogen and oxygen atoms in total. The van der Waals surface area contributed by atoms with Crippen molar-refractivity contribution in [3.05, 3.63) is 35.0 Å². The minimum absolute atomic E-state index is 0.348. The molecule has 0 fully saturated rings. The number of benzene rings is 1. The van der Waals surface area contributed by atoms with Crippen molar-refractivity contribution in [2.45, 2.75) is 26.7 Å². The van der Waals surface area contributed by atoms with Crippen LogP contribution in [-0.2, 0) is 0 Å². The van der Waals surface area contributed by atoms with E-state index in [2.05, 4.69) is 31.0 Å². The van der Waals surface area contributed by atoms with E-state index in [1.807, 2.05) is 24.3 Å². The Kier molecular flexibility index (Phi) is 3.62. The highest BCUT2D eigenvalue weighted by Crippen LogP contribution is 2.38. The molecule has 2 rings (SSSR count). The van der Waals surface area contributed by atoms with Crippen LogP contribution in [0.1, 0.15) is 32.4 Å². The number of rotatable bonds is 3. The summed E-state index contributed by atoms with van der Waals surface area (Å²) in [5, 5.41) is 7.88. The van der Waals surface area contributed by atoms with E-state index >= 15 is 0 Å². The van der Waals surface area contributed by atoms with E-state index in [-0.39, 0.29) is 0 Å². The number of halogens is 1. The van der Waals surface area contributed by atoms with Crippen molar-refractivity contribution in [3.8, 4) is 11.1 Å². The maximum atomic E-state index is 6.25. The summed E-state index contributed by atoms with van der Waals surface area (Å²) >= 11 is 6.25. The Labute approximate surface area is 112 Å². The fraction of sp³-hybridized carbons (Fsp3) is 0.357. The van der Waals surface area contributed by atoms with Gasteiger partial charge in [-0.15, -0.1) is 0 Å². The van der Waals surface area contributed by atoms with Gasteiger partial charge in [-0.1, -0.05) is 50.6 Å². The third-order valence-electron chi connectivity index (χ3n) is 3.42. The molecule has 3 N–H and O–H groups in total. The first-order chi connectivity index (χ1) is 8.52. The molecule has 96 valence electrons. The summed E-state index contributed by atoms with van der Waals surface area (Å²) in [6.45, 7) is 6.52. The number of aromatic nitrogens is 2. The predicted molar refractivity (Wildman–Crippen MR) is 76.7 cm³/mol. The van der Waals surface area contributed by atoms with Crippen LogP contribution in [-0.4, -0.2) is 10.2 Å². The second-order valence-corrected chi connectivity index (χ2v) is 5.32. The minimum Gasteiger partial charge on any atom is -0.382 e. The van der Waals surface area contributed by atoms with Crippen molar-refractivity contribution in [3.63, 3.8) is 0 Å². The smallest absolute Gasteiger partial charge is 0.153 e. The van der Waals surface area contributed by atoms with Crippen LogP contribution < -0.4 is 5.73 Å². The Morgan fingerprint density at radius 1 is 1.22 bits per heavy atom. The van der Waals surface area contributed by atoms with Crippen LogP contribution in [0.25, 0.3) is 11.1 Å². The highest BCUT2D eigenvalue weighted by Gasteiger charge is 2.21. The van der Waals surface area contributed by atoms with Crippen molar-refractivity contribution in [2.75, 3.05) is 5.73 Å². The second-order valence-electron chi connectivity index (χ2n) is 4.91. The summed E-state index contributed by atoms with van der Waals surface area (Å²) in [5.41, 5.74) is 8.90. The first-order valence-electron chi connectivity index (χ1n) is 6.11. The molecular weight excluding hydrogens is 246 g/mol. The van der Waals surface area contributed by atoms with E-state index in [0.717, 1.165) is 16.8 Å². The predicted octanol–water partition coefficient (Wildman–Crippen LogP) is 4.07. The third-order valence-corrected chi connectivity index (χ3v) is 3.75.